The van der Waals surface area contributed by atoms with Crippen LogP contribution in [0.1, 0.15) is 11.3 Å². The van der Waals surface area contributed by atoms with E-state index in [-0.39, 0.29) is 16.1 Å². The van der Waals surface area contributed by atoms with Crippen LogP contribution in [0.3, 0.4) is 0 Å². The van der Waals surface area contributed by atoms with Gasteiger partial charge in [-0.25, -0.2) is 4.98 Å². The molecule has 1 aromatic carbocycles. The number of fused-ring (bicyclic) bond motifs is 1. The summed E-state index contributed by atoms with van der Waals surface area (Å²) >= 11 is 12.6. The molecule has 0 unspecified atom stereocenters. The zero-order valence-corrected chi connectivity index (χ0v) is 14.1. The van der Waals surface area contributed by atoms with E-state index in [9.17, 15) is 13.2 Å². The summed E-state index contributed by atoms with van der Waals surface area (Å²) in [6.45, 7) is 1.28. The third-order valence-corrected chi connectivity index (χ3v) is 4.43. The Hall–Kier alpha value is -0.530. The van der Waals surface area contributed by atoms with Crippen LogP contribution in [0, 0.1) is 6.92 Å². The van der Waals surface area contributed by atoms with Crippen LogP contribution in [0.2, 0.25) is 5.02 Å². The van der Waals surface area contributed by atoms with E-state index in [1.54, 1.807) is 6.07 Å². The fourth-order valence-corrected chi connectivity index (χ4v) is 3.54. The minimum absolute atomic E-state index is 0.0267. The second-order valence-electron chi connectivity index (χ2n) is 3.99. The molecule has 0 saturated heterocycles. The molecule has 0 spiro atoms. The number of hydrogen-bond donors (Lipinski definition) is 0. The van der Waals surface area contributed by atoms with E-state index in [0.29, 0.717) is 20.1 Å². The second kappa shape index (κ2) is 5.35. The maximum absolute atomic E-state index is 13.0. The zero-order chi connectivity index (χ0) is 15.2. The molecule has 8 heteroatoms. The summed E-state index contributed by atoms with van der Waals surface area (Å²) in [5.74, 6) is 0.345. The Morgan fingerprint density at radius 1 is 1.25 bits per heavy atom. The first-order valence-electron chi connectivity index (χ1n) is 5.27. The van der Waals surface area contributed by atoms with Crippen LogP contribution < -0.4 is 4.74 Å². The van der Waals surface area contributed by atoms with Gasteiger partial charge < -0.3 is 4.74 Å². The van der Waals surface area contributed by atoms with E-state index in [1.165, 1.54) is 14.0 Å². The Kier molecular flexibility index (Phi) is 4.24. The Labute approximate surface area is 134 Å². The number of benzene rings is 1. The van der Waals surface area contributed by atoms with Gasteiger partial charge >= 0.3 is 6.18 Å². The number of rotatable bonds is 1. The summed E-state index contributed by atoms with van der Waals surface area (Å²) in [7, 11) is 1.41. The highest BCUT2D eigenvalue weighted by Crippen LogP contribution is 2.44. The molecule has 1 aromatic heterocycles. The third-order valence-electron chi connectivity index (χ3n) is 2.76. The van der Waals surface area contributed by atoms with Crippen molar-refractivity contribution >= 4 is 54.4 Å². The first kappa shape index (κ1) is 15.9. The number of halogens is 6. The molecule has 0 aliphatic rings. The summed E-state index contributed by atoms with van der Waals surface area (Å²) in [4.78, 5) is 3.70. The summed E-state index contributed by atoms with van der Waals surface area (Å²) < 4.78 is 45.1. The van der Waals surface area contributed by atoms with E-state index in [2.05, 4.69) is 36.8 Å². The van der Waals surface area contributed by atoms with E-state index in [0.717, 1.165) is 0 Å². The number of aromatic nitrogens is 1. The molecule has 0 aliphatic carbocycles. The summed E-state index contributed by atoms with van der Waals surface area (Å²) in [6.07, 6.45) is -4.57. The monoisotopic (exact) mass is 431 g/mol. The van der Waals surface area contributed by atoms with Crippen molar-refractivity contribution in [2.75, 3.05) is 7.11 Å². The second-order valence-corrected chi connectivity index (χ2v) is 6.08. The van der Waals surface area contributed by atoms with Crippen LogP contribution in [0.5, 0.6) is 5.75 Å². The lowest BCUT2D eigenvalue weighted by Crippen LogP contribution is -2.11. The van der Waals surface area contributed by atoms with Crippen molar-refractivity contribution in [1.82, 2.24) is 4.98 Å². The normalized spacial score (nSPS) is 12.0. The van der Waals surface area contributed by atoms with Crippen LogP contribution in [0.4, 0.5) is 13.2 Å². The van der Waals surface area contributed by atoms with E-state index in [1.807, 2.05) is 0 Å². The molecule has 0 saturated carbocycles. The third kappa shape index (κ3) is 2.51. The van der Waals surface area contributed by atoms with Crippen molar-refractivity contribution in [1.29, 1.82) is 0 Å². The molecule has 0 atom stereocenters. The van der Waals surface area contributed by atoms with Crippen molar-refractivity contribution in [2.45, 2.75) is 13.1 Å². The molecule has 0 radical (unpaired) electrons. The molecule has 108 valence electrons. The maximum Gasteiger partial charge on any atom is 0.433 e. The molecular weight excluding hydrogens is 426 g/mol. The maximum atomic E-state index is 13.0. The highest BCUT2D eigenvalue weighted by molar-refractivity contribution is 9.11. The van der Waals surface area contributed by atoms with Gasteiger partial charge in [-0.2, -0.15) is 13.2 Å². The predicted octanol–water partition coefficient (Wildman–Crippen LogP) is 5.75. The standard InChI is InChI=1S/C12H7Br2ClF3NO/c1-4-8(15)7-9(19-11(4)12(16,17)18)5(13)3-6(14)10(7)20-2/h3H,1-2H3. The van der Waals surface area contributed by atoms with E-state index in [4.69, 9.17) is 16.3 Å². The van der Waals surface area contributed by atoms with Crippen molar-refractivity contribution < 1.29 is 17.9 Å². The molecule has 20 heavy (non-hydrogen) atoms. The van der Waals surface area contributed by atoms with Crippen molar-refractivity contribution in [3.63, 3.8) is 0 Å². The summed E-state index contributed by atoms with van der Waals surface area (Å²) in [5.41, 5.74) is -1.02. The van der Waals surface area contributed by atoms with Crippen molar-refractivity contribution in [3.8, 4) is 5.75 Å². The Morgan fingerprint density at radius 3 is 2.35 bits per heavy atom. The summed E-state index contributed by atoms with van der Waals surface area (Å²) in [6, 6.07) is 1.57. The van der Waals surface area contributed by atoms with Crippen LogP contribution >= 0.6 is 43.5 Å². The average Bonchev–Trinajstić information content (AvgIpc) is 2.32. The number of nitrogens with zero attached hydrogens (tertiary/aromatic N) is 1. The smallest absolute Gasteiger partial charge is 0.433 e. The van der Waals surface area contributed by atoms with Crippen LogP contribution in [0.25, 0.3) is 10.9 Å². The Morgan fingerprint density at radius 2 is 1.85 bits per heavy atom. The van der Waals surface area contributed by atoms with E-state index < -0.39 is 11.9 Å². The highest BCUT2D eigenvalue weighted by Gasteiger charge is 2.36. The molecule has 0 aliphatic heterocycles. The van der Waals surface area contributed by atoms with Gasteiger partial charge in [0.25, 0.3) is 0 Å². The average molecular weight is 433 g/mol. The fraction of sp³-hybridized carbons (Fsp3) is 0.250. The summed E-state index contributed by atoms with van der Waals surface area (Å²) in [5, 5.41) is 0.307. The number of hydrogen-bond acceptors (Lipinski definition) is 2. The van der Waals surface area contributed by atoms with E-state index >= 15 is 0 Å². The van der Waals surface area contributed by atoms with Crippen LogP contribution in [0.15, 0.2) is 15.0 Å². The first-order chi connectivity index (χ1) is 9.18. The van der Waals surface area contributed by atoms with Gasteiger partial charge in [0.15, 0.2) is 0 Å². The van der Waals surface area contributed by atoms with Gasteiger partial charge in [0.05, 0.1) is 27.5 Å². The van der Waals surface area contributed by atoms with Gasteiger partial charge in [0.1, 0.15) is 11.4 Å². The lowest BCUT2D eigenvalue weighted by molar-refractivity contribution is -0.141. The van der Waals surface area contributed by atoms with Gasteiger partial charge in [-0.1, -0.05) is 11.6 Å². The van der Waals surface area contributed by atoms with Crippen LogP contribution in [-0.4, -0.2) is 12.1 Å². The zero-order valence-electron chi connectivity index (χ0n) is 10.2. The van der Waals surface area contributed by atoms with Gasteiger partial charge in [-0.3, -0.25) is 0 Å². The molecule has 2 nitrogen and oxygen atoms in total. The van der Waals surface area contributed by atoms with Gasteiger partial charge in [0.2, 0.25) is 0 Å². The first-order valence-corrected chi connectivity index (χ1v) is 7.23. The lowest BCUT2D eigenvalue weighted by Gasteiger charge is -2.16. The van der Waals surface area contributed by atoms with Crippen molar-refractivity contribution in [3.05, 3.63) is 31.3 Å². The minimum atomic E-state index is -4.57. The molecule has 0 N–H and O–H groups in total. The number of pyridine rings is 1. The Bertz CT molecular complexity index is 704. The number of ether oxygens (including phenoxy) is 1. The number of alkyl halides is 3. The van der Waals surface area contributed by atoms with Gasteiger partial charge in [-0.05, 0) is 50.4 Å². The van der Waals surface area contributed by atoms with Gasteiger partial charge in [-0.15, -0.1) is 0 Å². The molecule has 2 rings (SSSR count). The topological polar surface area (TPSA) is 22.1 Å². The Balaban J connectivity index is 3.01. The predicted molar refractivity (Wildman–Crippen MR) is 78.4 cm³/mol. The highest BCUT2D eigenvalue weighted by atomic mass is 79.9. The minimum Gasteiger partial charge on any atom is -0.495 e. The fourth-order valence-electron chi connectivity index (χ4n) is 1.87. The molecule has 0 amide bonds. The van der Waals surface area contributed by atoms with Gasteiger partial charge in [0, 0.05) is 4.47 Å². The lowest BCUT2D eigenvalue weighted by atomic mass is 10.1. The molecule has 0 bridgehead atoms. The SMILES string of the molecule is COc1c(Br)cc(Br)c2nc(C(F)(F)F)c(C)c(Cl)c12. The molecule has 2 aromatic rings. The molecule has 1 heterocycles. The molecule has 0 fully saturated rings. The largest absolute Gasteiger partial charge is 0.495 e. The molecular formula is C12H7Br2ClF3NO. The van der Waals surface area contributed by atoms with Crippen molar-refractivity contribution in [2.24, 2.45) is 0 Å². The number of methoxy groups -OCH3 is 1. The quantitative estimate of drug-likeness (QED) is 0.572. The van der Waals surface area contributed by atoms with Crippen LogP contribution in [-0.2, 0) is 6.18 Å².